The van der Waals surface area contributed by atoms with Crippen LogP contribution in [0.1, 0.15) is 6.42 Å². The fourth-order valence-corrected chi connectivity index (χ4v) is 2.17. The minimum Gasteiger partial charge on any atom is -0.481 e. The fraction of sp³-hybridized carbons (Fsp3) is 0.417. The molecule has 0 amide bonds. The van der Waals surface area contributed by atoms with Crippen LogP contribution in [0.3, 0.4) is 0 Å². The first-order chi connectivity index (χ1) is 9.84. The monoisotopic (exact) mass is 311 g/mol. The molecule has 4 nitrogen and oxygen atoms in total. The summed E-state index contributed by atoms with van der Waals surface area (Å²) in [6.45, 7) is -0.391. The maximum absolute atomic E-state index is 13.7. The molecule has 1 aromatic rings. The van der Waals surface area contributed by atoms with Crippen molar-refractivity contribution in [1.82, 2.24) is 0 Å². The van der Waals surface area contributed by atoms with Gasteiger partial charge in [-0.15, -0.1) is 0 Å². The summed E-state index contributed by atoms with van der Waals surface area (Å²) in [6.07, 6.45) is -0.556. The van der Waals surface area contributed by atoms with Gasteiger partial charge in [0, 0.05) is 6.54 Å². The van der Waals surface area contributed by atoms with Gasteiger partial charge in [-0.25, -0.2) is 22.0 Å². The van der Waals surface area contributed by atoms with E-state index in [0.717, 1.165) is 4.90 Å². The van der Waals surface area contributed by atoms with Gasteiger partial charge >= 0.3 is 5.97 Å². The van der Waals surface area contributed by atoms with Gasteiger partial charge in [0.15, 0.2) is 23.3 Å². The molecular weight excluding hydrogens is 301 g/mol. The number of morpholine rings is 1. The minimum absolute atomic E-state index is 0.0182. The van der Waals surface area contributed by atoms with Gasteiger partial charge in [-0.05, 0) is 0 Å². The summed E-state index contributed by atoms with van der Waals surface area (Å²) in [5, 5.41) is 8.74. The Kier molecular flexibility index (Phi) is 4.31. The number of rotatable bonds is 3. The Morgan fingerprint density at radius 1 is 1.10 bits per heavy atom. The van der Waals surface area contributed by atoms with E-state index in [1.807, 2.05) is 0 Å². The molecule has 0 aliphatic carbocycles. The van der Waals surface area contributed by atoms with E-state index >= 15 is 0 Å². The van der Waals surface area contributed by atoms with E-state index < -0.39 is 53.2 Å². The van der Waals surface area contributed by atoms with Crippen LogP contribution in [0.5, 0.6) is 0 Å². The number of anilines is 1. The Morgan fingerprint density at radius 3 is 2.14 bits per heavy atom. The van der Waals surface area contributed by atoms with Gasteiger partial charge in [0.2, 0.25) is 5.82 Å². The van der Waals surface area contributed by atoms with Crippen LogP contribution in [-0.4, -0.2) is 36.9 Å². The molecule has 0 radical (unpaired) electrons. The van der Waals surface area contributed by atoms with E-state index in [0.29, 0.717) is 0 Å². The van der Waals surface area contributed by atoms with Gasteiger partial charge in [0.25, 0.3) is 0 Å². The Balaban J connectivity index is 2.50. The molecule has 1 aromatic carbocycles. The molecule has 1 fully saturated rings. The van der Waals surface area contributed by atoms with Crippen molar-refractivity contribution in [2.24, 2.45) is 0 Å². The summed E-state index contributed by atoms with van der Waals surface area (Å²) in [5.74, 6) is -11.6. The van der Waals surface area contributed by atoms with Gasteiger partial charge in [-0.2, -0.15) is 0 Å². The second kappa shape index (κ2) is 5.84. The van der Waals surface area contributed by atoms with Crippen LogP contribution < -0.4 is 4.90 Å². The first kappa shape index (κ1) is 15.5. The van der Waals surface area contributed by atoms with Crippen molar-refractivity contribution >= 4 is 11.7 Å². The van der Waals surface area contributed by atoms with Crippen molar-refractivity contribution < 1.29 is 36.6 Å². The first-order valence-corrected chi connectivity index (χ1v) is 5.92. The lowest BCUT2D eigenvalue weighted by molar-refractivity contribution is -0.138. The molecular formula is C12H10F5NO3. The molecule has 2 rings (SSSR count). The number of carboxylic acid groups (broad SMARTS) is 1. The number of benzene rings is 1. The smallest absolute Gasteiger partial charge is 0.305 e. The van der Waals surface area contributed by atoms with Crippen molar-refractivity contribution in [3.05, 3.63) is 29.1 Å². The van der Waals surface area contributed by atoms with E-state index in [-0.39, 0.29) is 19.8 Å². The van der Waals surface area contributed by atoms with E-state index in [2.05, 4.69) is 0 Å². The maximum Gasteiger partial charge on any atom is 0.305 e. The van der Waals surface area contributed by atoms with E-state index in [4.69, 9.17) is 9.84 Å². The molecule has 1 saturated heterocycles. The summed E-state index contributed by atoms with van der Waals surface area (Å²) in [5.41, 5.74) is -1.12. The van der Waals surface area contributed by atoms with Gasteiger partial charge in [-0.1, -0.05) is 0 Å². The predicted octanol–water partition coefficient (Wildman–Crippen LogP) is 2.06. The lowest BCUT2D eigenvalue weighted by Gasteiger charge is -2.36. The lowest BCUT2D eigenvalue weighted by Crippen LogP contribution is -2.47. The van der Waals surface area contributed by atoms with Crippen LogP contribution in [0.2, 0.25) is 0 Å². The molecule has 1 atom stereocenters. The van der Waals surface area contributed by atoms with Crippen molar-refractivity contribution in [3.8, 4) is 0 Å². The van der Waals surface area contributed by atoms with Gasteiger partial charge in [0.05, 0.1) is 25.7 Å². The summed E-state index contributed by atoms with van der Waals surface area (Å²) >= 11 is 0. The lowest BCUT2D eigenvalue weighted by atomic mass is 10.1. The van der Waals surface area contributed by atoms with E-state index in [1.54, 1.807) is 0 Å². The standard InChI is InChI=1S/C12H10F5NO3/c13-7-8(14)10(16)12(11(17)9(7)15)18-1-2-21-4-5(18)3-6(19)20/h5H,1-4H2,(H,19,20). The number of hydrogen-bond donors (Lipinski definition) is 1. The molecule has 1 aliphatic rings. The number of aliphatic carboxylic acids is 1. The number of ether oxygens (including phenoxy) is 1. The normalized spacial score (nSPS) is 18.9. The largest absolute Gasteiger partial charge is 0.481 e. The number of nitrogens with zero attached hydrogens (tertiary/aromatic N) is 1. The van der Waals surface area contributed by atoms with Crippen molar-refractivity contribution in [1.29, 1.82) is 0 Å². The van der Waals surface area contributed by atoms with Crippen molar-refractivity contribution in [2.45, 2.75) is 12.5 Å². The van der Waals surface area contributed by atoms with Crippen LogP contribution in [-0.2, 0) is 9.53 Å². The fourth-order valence-electron chi connectivity index (χ4n) is 2.17. The molecule has 1 heterocycles. The molecule has 116 valence electrons. The van der Waals surface area contributed by atoms with Crippen LogP contribution in [0.4, 0.5) is 27.6 Å². The summed E-state index contributed by atoms with van der Waals surface area (Å²) < 4.78 is 71.9. The van der Waals surface area contributed by atoms with Gasteiger partial charge in [0.1, 0.15) is 5.69 Å². The second-order valence-corrected chi connectivity index (χ2v) is 4.44. The third kappa shape index (κ3) is 2.78. The highest BCUT2D eigenvalue weighted by atomic mass is 19.2. The van der Waals surface area contributed by atoms with Crippen LogP contribution in [0, 0.1) is 29.1 Å². The summed E-state index contributed by atoms with van der Waals surface area (Å²) in [6, 6.07) is -1.02. The molecule has 0 spiro atoms. The molecule has 9 heteroatoms. The van der Waals surface area contributed by atoms with Crippen molar-refractivity contribution in [3.63, 3.8) is 0 Å². The molecule has 0 saturated carbocycles. The van der Waals surface area contributed by atoms with E-state index in [9.17, 15) is 26.7 Å². The third-order valence-corrected chi connectivity index (χ3v) is 3.11. The van der Waals surface area contributed by atoms with Crippen LogP contribution in [0.25, 0.3) is 0 Å². The Morgan fingerprint density at radius 2 is 1.62 bits per heavy atom. The van der Waals surface area contributed by atoms with Gasteiger partial charge < -0.3 is 14.7 Å². The molecule has 1 N–H and O–H groups in total. The summed E-state index contributed by atoms with van der Waals surface area (Å²) in [7, 11) is 0. The highest BCUT2D eigenvalue weighted by Crippen LogP contribution is 2.32. The number of hydrogen-bond acceptors (Lipinski definition) is 3. The zero-order valence-electron chi connectivity index (χ0n) is 10.5. The quantitative estimate of drug-likeness (QED) is 0.527. The highest BCUT2D eigenvalue weighted by molar-refractivity contribution is 5.69. The number of carbonyl (C=O) groups is 1. The number of carboxylic acids is 1. The maximum atomic E-state index is 13.7. The van der Waals surface area contributed by atoms with E-state index in [1.165, 1.54) is 0 Å². The Bertz CT molecular complexity index is 551. The topological polar surface area (TPSA) is 49.8 Å². The zero-order valence-corrected chi connectivity index (χ0v) is 10.5. The average molecular weight is 311 g/mol. The molecule has 0 aromatic heterocycles. The first-order valence-electron chi connectivity index (χ1n) is 5.92. The minimum atomic E-state index is -2.25. The van der Waals surface area contributed by atoms with Gasteiger partial charge in [-0.3, -0.25) is 4.79 Å². The summed E-state index contributed by atoms with van der Waals surface area (Å²) in [4.78, 5) is 11.6. The Labute approximate surface area is 115 Å². The molecule has 1 unspecified atom stereocenters. The van der Waals surface area contributed by atoms with Crippen LogP contribution in [0.15, 0.2) is 0 Å². The highest BCUT2D eigenvalue weighted by Gasteiger charge is 2.34. The average Bonchev–Trinajstić information content (AvgIpc) is 2.44. The predicted molar refractivity (Wildman–Crippen MR) is 60.4 cm³/mol. The third-order valence-electron chi connectivity index (χ3n) is 3.11. The van der Waals surface area contributed by atoms with Crippen molar-refractivity contribution in [2.75, 3.05) is 24.7 Å². The Hall–Kier alpha value is -1.90. The number of halogens is 5. The molecule has 21 heavy (non-hydrogen) atoms. The van der Waals surface area contributed by atoms with Crippen LogP contribution >= 0.6 is 0 Å². The zero-order chi connectivity index (χ0) is 15.7. The second-order valence-electron chi connectivity index (χ2n) is 4.44. The SMILES string of the molecule is O=C(O)CC1COCCN1c1c(F)c(F)c(F)c(F)c1F. The molecule has 1 aliphatic heterocycles. The molecule has 0 bridgehead atoms.